The van der Waals surface area contributed by atoms with Crippen LogP contribution in [0.2, 0.25) is 0 Å². The van der Waals surface area contributed by atoms with Gasteiger partial charge in [0.2, 0.25) is 0 Å². The van der Waals surface area contributed by atoms with Gasteiger partial charge >= 0.3 is 0 Å². The van der Waals surface area contributed by atoms with E-state index in [0.29, 0.717) is 0 Å². The number of methoxy groups -OCH3 is 1. The molecule has 0 bridgehead atoms. The molecule has 0 rings (SSSR count). The van der Waals surface area contributed by atoms with Gasteiger partial charge in [0.15, 0.2) is 0 Å². The number of ether oxygens (including phenoxy) is 1. The Morgan fingerprint density at radius 1 is 1.88 bits per heavy atom. The summed E-state index contributed by atoms with van der Waals surface area (Å²) in [5.41, 5.74) is 0. The monoisotopic (exact) mass is 138 g/mol. The summed E-state index contributed by atoms with van der Waals surface area (Å²) < 4.78 is 26.2. The Hall–Kier alpha value is 0.0300. The Morgan fingerprint density at radius 2 is 2.38 bits per heavy atom. The molecule has 50 valence electrons. The minimum absolute atomic E-state index is 0.437. The Bertz CT molecular complexity index is 86.6. The highest BCUT2D eigenvalue weighted by atomic mass is 32.2. The number of hydrogen-bond donors (Lipinski definition) is 1. The minimum atomic E-state index is -2.22. The van der Waals surface area contributed by atoms with Crippen LogP contribution in [0.5, 0.6) is 0 Å². The third-order valence-corrected chi connectivity index (χ3v) is 1.14. The van der Waals surface area contributed by atoms with E-state index in [1.54, 1.807) is 6.92 Å². The first kappa shape index (κ1) is 8.03. The second kappa shape index (κ2) is 3.96. The second-order valence-corrected chi connectivity index (χ2v) is 1.94. The SMILES string of the molecule is COC(C)NS(=O)[O-]. The van der Waals surface area contributed by atoms with Crippen molar-refractivity contribution < 1.29 is 13.5 Å². The molecular weight excluding hydrogens is 130 g/mol. The normalized spacial score (nSPS) is 17.9. The molecular formula is C3H8NO3S-. The summed E-state index contributed by atoms with van der Waals surface area (Å²) in [5.74, 6) is 0. The van der Waals surface area contributed by atoms with Crippen molar-refractivity contribution in [2.24, 2.45) is 0 Å². The summed E-state index contributed by atoms with van der Waals surface area (Å²) in [6, 6.07) is 0. The van der Waals surface area contributed by atoms with Crippen molar-refractivity contribution in [3.63, 3.8) is 0 Å². The maximum Gasteiger partial charge on any atom is 0.114 e. The molecule has 2 unspecified atom stereocenters. The lowest BCUT2D eigenvalue weighted by atomic mass is 10.7. The zero-order valence-electron chi connectivity index (χ0n) is 4.71. The Morgan fingerprint density at radius 3 is 2.50 bits per heavy atom. The van der Waals surface area contributed by atoms with E-state index in [-0.39, 0.29) is 0 Å². The van der Waals surface area contributed by atoms with Crippen LogP contribution in [-0.4, -0.2) is 22.1 Å². The van der Waals surface area contributed by atoms with E-state index in [1.165, 1.54) is 7.11 Å². The van der Waals surface area contributed by atoms with E-state index in [4.69, 9.17) is 0 Å². The Balaban J connectivity index is 3.24. The summed E-state index contributed by atoms with van der Waals surface area (Å²) in [6.07, 6.45) is -0.437. The van der Waals surface area contributed by atoms with Crippen LogP contribution in [0.1, 0.15) is 6.92 Å². The Kier molecular flexibility index (Phi) is 3.98. The van der Waals surface area contributed by atoms with Gasteiger partial charge in [-0.05, 0) is 6.92 Å². The molecule has 2 atom stereocenters. The zero-order chi connectivity index (χ0) is 6.57. The van der Waals surface area contributed by atoms with Crippen LogP contribution in [0.4, 0.5) is 0 Å². The molecule has 0 saturated heterocycles. The molecule has 1 N–H and O–H groups in total. The van der Waals surface area contributed by atoms with Gasteiger partial charge in [-0.2, -0.15) is 0 Å². The molecule has 0 aliphatic carbocycles. The molecule has 0 heterocycles. The fourth-order valence-electron chi connectivity index (χ4n) is 0.184. The predicted octanol–water partition coefficient (Wildman–Crippen LogP) is -0.637. The highest BCUT2D eigenvalue weighted by molar-refractivity contribution is 7.77. The minimum Gasteiger partial charge on any atom is -0.760 e. The fraction of sp³-hybridized carbons (Fsp3) is 1.00. The molecule has 5 heteroatoms. The molecule has 0 aliphatic heterocycles. The van der Waals surface area contributed by atoms with Gasteiger partial charge < -0.3 is 9.29 Å². The van der Waals surface area contributed by atoms with Crippen LogP contribution >= 0.6 is 0 Å². The average Bonchev–Trinajstić information content (AvgIpc) is 1.65. The van der Waals surface area contributed by atoms with Crippen molar-refractivity contribution in [2.75, 3.05) is 7.11 Å². The molecule has 4 nitrogen and oxygen atoms in total. The van der Waals surface area contributed by atoms with Gasteiger partial charge in [0, 0.05) is 18.4 Å². The van der Waals surface area contributed by atoms with Gasteiger partial charge in [0.25, 0.3) is 0 Å². The van der Waals surface area contributed by atoms with E-state index < -0.39 is 17.5 Å². The van der Waals surface area contributed by atoms with Crippen LogP contribution in [0.3, 0.4) is 0 Å². The van der Waals surface area contributed by atoms with Gasteiger partial charge in [0.1, 0.15) is 6.23 Å². The smallest absolute Gasteiger partial charge is 0.114 e. The fourth-order valence-corrected chi connectivity index (χ4v) is 0.551. The maximum atomic E-state index is 9.78. The summed E-state index contributed by atoms with van der Waals surface area (Å²) in [6.45, 7) is 1.59. The first-order valence-corrected chi connectivity index (χ1v) is 3.12. The lowest BCUT2D eigenvalue weighted by Gasteiger charge is -2.12. The lowest BCUT2D eigenvalue weighted by molar-refractivity contribution is 0.109. The molecule has 0 radical (unpaired) electrons. The highest BCUT2D eigenvalue weighted by Gasteiger charge is 1.93. The molecule has 0 aliphatic rings. The van der Waals surface area contributed by atoms with Crippen molar-refractivity contribution in [2.45, 2.75) is 13.2 Å². The molecule has 0 amide bonds. The number of nitrogens with one attached hydrogen (secondary N) is 1. The van der Waals surface area contributed by atoms with Gasteiger partial charge in [-0.3, -0.25) is 4.21 Å². The third kappa shape index (κ3) is 4.20. The van der Waals surface area contributed by atoms with E-state index in [2.05, 4.69) is 9.46 Å². The quantitative estimate of drug-likeness (QED) is 0.417. The third-order valence-electron chi connectivity index (χ3n) is 0.616. The first-order chi connectivity index (χ1) is 3.66. The van der Waals surface area contributed by atoms with Crippen LogP contribution in [0, 0.1) is 0 Å². The van der Waals surface area contributed by atoms with Crippen molar-refractivity contribution in [1.82, 2.24) is 4.72 Å². The summed E-state index contributed by atoms with van der Waals surface area (Å²) in [7, 11) is 1.42. The van der Waals surface area contributed by atoms with Crippen LogP contribution in [0.15, 0.2) is 0 Å². The molecule has 0 aromatic rings. The topological polar surface area (TPSA) is 61.4 Å². The first-order valence-electron chi connectivity index (χ1n) is 2.05. The van der Waals surface area contributed by atoms with Crippen molar-refractivity contribution in [3.05, 3.63) is 0 Å². The van der Waals surface area contributed by atoms with Crippen molar-refractivity contribution >= 4 is 11.3 Å². The van der Waals surface area contributed by atoms with Crippen molar-refractivity contribution in [3.8, 4) is 0 Å². The second-order valence-electron chi connectivity index (χ2n) is 1.23. The van der Waals surface area contributed by atoms with Crippen molar-refractivity contribution in [1.29, 1.82) is 0 Å². The molecule has 0 saturated carbocycles. The highest BCUT2D eigenvalue weighted by Crippen LogP contribution is 1.79. The van der Waals surface area contributed by atoms with E-state index in [0.717, 1.165) is 0 Å². The van der Waals surface area contributed by atoms with Crippen LogP contribution in [-0.2, 0) is 16.0 Å². The standard InChI is InChI=1S/C3H9NO3S/c1-3(7-2)4-8(5)6/h3-4H,1-2H3,(H,5,6)/p-1. The van der Waals surface area contributed by atoms with Gasteiger partial charge in [-0.1, -0.05) is 0 Å². The lowest BCUT2D eigenvalue weighted by Crippen LogP contribution is -2.28. The molecule has 0 spiro atoms. The molecule has 0 aromatic carbocycles. The Labute approximate surface area is 50.6 Å². The predicted molar refractivity (Wildman–Crippen MR) is 28.5 cm³/mol. The van der Waals surface area contributed by atoms with E-state index >= 15 is 0 Å². The molecule has 0 fully saturated rings. The van der Waals surface area contributed by atoms with E-state index in [1.807, 2.05) is 0 Å². The summed E-state index contributed by atoms with van der Waals surface area (Å²) >= 11 is -2.22. The largest absolute Gasteiger partial charge is 0.760 e. The molecule has 0 aromatic heterocycles. The van der Waals surface area contributed by atoms with Crippen LogP contribution in [0.25, 0.3) is 0 Å². The average molecular weight is 138 g/mol. The van der Waals surface area contributed by atoms with Gasteiger partial charge in [0.05, 0.1) is 0 Å². The van der Waals surface area contributed by atoms with Crippen LogP contribution < -0.4 is 4.72 Å². The number of rotatable bonds is 3. The van der Waals surface area contributed by atoms with Gasteiger partial charge in [-0.15, -0.1) is 0 Å². The molecule has 8 heavy (non-hydrogen) atoms. The summed E-state index contributed by atoms with van der Waals surface area (Å²) in [5, 5.41) is 0. The van der Waals surface area contributed by atoms with Gasteiger partial charge in [-0.25, -0.2) is 4.72 Å². The van der Waals surface area contributed by atoms with E-state index in [9.17, 15) is 8.76 Å². The number of hydrogen-bond acceptors (Lipinski definition) is 3. The zero-order valence-corrected chi connectivity index (χ0v) is 5.53. The summed E-state index contributed by atoms with van der Waals surface area (Å²) in [4.78, 5) is 0. The maximum absolute atomic E-state index is 9.78.